The van der Waals surface area contributed by atoms with Gasteiger partial charge in [-0.1, -0.05) is 0 Å². The van der Waals surface area contributed by atoms with E-state index in [2.05, 4.69) is 0 Å². The largest absolute Gasteiger partial charge is 0.485 e. The zero-order valence-electron chi connectivity index (χ0n) is 13.6. The highest BCUT2D eigenvalue weighted by atomic mass is 32.1. The first kappa shape index (κ1) is 17.0. The van der Waals surface area contributed by atoms with Gasteiger partial charge in [-0.2, -0.15) is 0 Å². The first-order valence-corrected chi connectivity index (χ1v) is 8.84. The molecule has 2 aliphatic heterocycles. The second-order valence-electron chi connectivity index (χ2n) is 6.11. The zero-order valence-corrected chi connectivity index (χ0v) is 14.4. The average Bonchev–Trinajstić information content (AvgIpc) is 3.03. The van der Waals surface area contributed by atoms with Crippen LogP contribution in [0.3, 0.4) is 0 Å². The average molecular weight is 355 g/mol. The van der Waals surface area contributed by atoms with Crippen LogP contribution in [0, 0.1) is 5.41 Å². The molecule has 2 aliphatic rings. The summed E-state index contributed by atoms with van der Waals surface area (Å²) in [6.07, 6.45) is 1.61. The van der Waals surface area contributed by atoms with Gasteiger partial charge in [0, 0.05) is 32.2 Å². The fraction of sp³-hybridized carbons (Fsp3) is 0.625. The number of methoxy groups -OCH3 is 1. The minimum atomic E-state index is -0.946. The van der Waals surface area contributed by atoms with Gasteiger partial charge in [0.2, 0.25) is 0 Å². The molecular formula is C16H21NO6S. The molecule has 0 unspecified atom stereocenters. The van der Waals surface area contributed by atoms with Gasteiger partial charge in [-0.05, 0) is 19.3 Å². The molecule has 0 aliphatic carbocycles. The van der Waals surface area contributed by atoms with Crippen LogP contribution >= 0.6 is 11.3 Å². The number of rotatable bonds is 5. The number of nitrogens with zero attached hydrogens (tertiary/aromatic N) is 1. The third-order valence-electron chi connectivity index (χ3n) is 4.60. The van der Waals surface area contributed by atoms with Crippen LogP contribution in [-0.4, -0.2) is 61.9 Å². The smallest absolute Gasteiger partial charge is 0.311 e. The molecule has 0 aromatic carbocycles. The predicted octanol–water partition coefficient (Wildman–Crippen LogP) is 1.86. The number of hydrogen-bond acceptors (Lipinski definition) is 6. The molecule has 8 heteroatoms. The SMILES string of the molecule is COCC[C@@]1(C(=O)O)CCCN(C(=O)c2scc3c2OCCO3)C1. The number of carboxylic acids is 1. The summed E-state index contributed by atoms with van der Waals surface area (Å²) in [4.78, 5) is 26.8. The lowest BCUT2D eigenvalue weighted by Crippen LogP contribution is -2.50. The van der Waals surface area contributed by atoms with Crippen molar-refractivity contribution in [2.24, 2.45) is 5.41 Å². The number of piperidine rings is 1. The number of fused-ring (bicyclic) bond motifs is 1. The van der Waals surface area contributed by atoms with E-state index in [0.29, 0.717) is 62.0 Å². The predicted molar refractivity (Wildman–Crippen MR) is 87.0 cm³/mol. The van der Waals surface area contributed by atoms with Gasteiger partial charge in [-0.25, -0.2) is 0 Å². The number of ether oxygens (including phenoxy) is 3. The van der Waals surface area contributed by atoms with Gasteiger partial charge in [0.25, 0.3) is 5.91 Å². The van der Waals surface area contributed by atoms with Gasteiger partial charge < -0.3 is 24.2 Å². The third kappa shape index (κ3) is 3.08. The molecule has 3 heterocycles. The molecule has 1 amide bonds. The number of likely N-dealkylation sites (tertiary alicyclic amines) is 1. The quantitative estimate of drug-likeness (QED) is 0.868. The van der Waals surface area contributed by atoms with Crippen LogP contribution in [-0.2, 0) is 9.53 Å². The van der Waals surface area contributed by atoms with E-state index in [1.807, 2.05) is 0 Å². The minimum Gasteiger partial charge on any atom is -0.485 e. The van der Waals surface area contributed by atoms with Gasteiger partial charge in [0.15, 0.2) is 11.5 Å². The van der Waals surface area contributed by atoms with Crippen LogP contribution in [0.25, 0.3) is 0 Å². The number of carbonyl (C=O) groups excluding carboxylic acids is 1. The van der Waals surface area contributed by atoms with Crippen LogP contribution in [0.15, 0.2) is 5.38 Å². The number of hydrogen-bond donors (Lipinski definition) is 1. The normalized spacial score (nSPS) is 23.1. The molecule has 1 fully saturated rings. The fourth-order valence-electron chi connectivity index (χ4n) is 3.24. The number of aliphatic carboxylic acids is 1. The van der Waals surface area contributed by atoms with Crippen LogP contribution in [0.2, 0.25) is 0 Å². The van der Waals surface area contributed by atoms with Crippen molar-refractivity contribution in [3.63, 3.8) is 0 Å². The molecule has 1 aromatic rings. The van der Waals surface area contributed by atoms with Crippen molar-refractivity contribution in [2.75, 3.05) is 40.0 Å². The van der Waals surface area contributed by atoms with Crippen LogP contribution in [0.5, 0.6) is 11.5 Å². The molecule has 3 rings (SSSR count). The maximum Gasteiger partial charge on any atom is 0.311 e. The van der Waals surface area contributed by atoms with Crippen molar-refractivity contribution in [2.45, 2.75) is 19.3 Å². The fourth-order valence-corrected chi connectivity index (χ4v) is 4.14. The number of carboxylic acid groups (broad SMARTS) is 1. The van der Waals surface area contributed by atoms with Crippen molar-refractivity contribution >= 4 is 23.2 Å². The Labute approximate surface area is 144 Å². The van der Waals surface area contributed by atoms with Crippen molar-refractivity contribution in [1.82, 2.24) is 4.90 Å². The Morgan fingerprint density at radius 3 is 2.96 bits per heavy atom. The standard InChI is InChI=1S/C16H21NO6S/c1-21-6-4-16(15(19)20)3-2-5-17(10-16)14(18)13-12-11(9-24-13)22-7-8-23-12/h9H,2-8,10H2,1H3,(H,19,20)/t16-/m0/s1. The molecule has 1 atom stereocenters. The van der Waals surface area contributed by atoms with Gasteiger partial charge in [-0.3, -0.25) is 9.59 Å². The maximum atomic E-state index is 12.9. The summed E-state index contributed by atoms with van der Waals surface area (Å²) in [7, 11) is 1.55. The molecule has 0 radical (unpaired) electrons. The Morgan fingerprint density at radius 1 is 1.42 bits per heavy atom. The molecule has 7 nitrogen and oxygen atoms in total. The van der Waals surface area contributed by atoms with E-state index >= 15 is 0 Å². The lowest BCUT2D eigenvalue weighted by atomic mass is 9.77. The summed E-state index contributed by atoms with van der Waals surface area (Å²) in [5, 5.41) is 11.5. The zero-order chi connectivity index (χ0) is 17.2. The van der Waals surface area contributed by atoms with E-state index in [1.165, 1.54) is 11.3 Å². The summed E-state index contributed by atoms with van der Waals surface area (Å²) in [5.74, 6) is 0.0227. The highest BCUT2D eigenvalue weighted by molar-refractivity contribution is 7.12. The van der Waals surface area contributed by atoms with E-state index < -0.39 is 11.4 Å². The minimum absolute atomic E-state index is 0.186. The van der Waals surface area contributed by atoms with Crippen molar-refractivity contribution < 1.29 is 28.9 Å². The van der Waals surface area contributed by atoms with Crippen molar-refractivity contribution in [1.29, 1.82) is 0 Å². The van der Waals surface area contributed by atoms with Crippen molar-refractivity contribution in [3.8, 4) is 11.5 Å². The van der Waals surface area contributed by atoms with Gasteiger partial charge in [0.1, 0.15) is 18.1 Å². The first-order valence-electron chi connectivity index (χ1n) is 7.96. The highest BCUT2D eigenvalue weighted by Gasteiger charge is 2.44. The maximum absolute atomic E-state index is 12.9. The lowest BCUT2D eigenvalue weighted by molar-refractivity contribution is -0.153. The van der Waals surface area contributed by atoms with Crippen LogP contribution in [0.4, 0.5) is 0 Å². The summed E-state index contributed by atoms with van der Waals surface area (Å²) >= 11 is 1.28. The summed E-state index contributed by atoms with van der Waals surface area (Å²) in [6, 6.07) is 0. The monoisotopic (exact) mass is 355 g/mol. The Hall–Kier alpha value is -1.80. The number of amides is 1. The molecular weight excluding hydrogens is 334 g/mol. The van der Waals surface area contributed by atoms with E-state index in [4.69, 9.17) is 14.2 Å². The Morgan fingerprint density at radius 2 is 2.21 bits per heavy atom. The van der Waals surface area contributed by atoms with Crippen LogP contribution in [0.1, 0.15) is 28.9 Å². The van der Waals surface area contributed by atoms with E-state index in [-0.39, 0.29) is 12.5 Å². The van der Waals surface area contributed by atoms with Gasteiger partial charge in [0.05, 0.1) is 5.41 Å². The van der Waals surface area contributed by atoms with E-state index in [1.54, 1.807) is 17.4 Å². The second-order valence-corrected chi connectivity index (χ2v) is 6.99. The lowest BCUT2D eigenvalue weighted by Gasteiger charge is -2.39. The second kappa shape index (κ2) is 6.98. The molecule has 1 saturated heterocycles. The van der Waals surface area contributed by atoms with Gasteiger partial charge >= 0.3 is 5.97 Å². The molecule has 0 bridgehead atoms. The molecule has 0 spiro atoms. The topological polar surface area (TPSA) is 85.3 Å². The number of thiophene rings is 1. The highest BCUT2D eigenvalue weighted by Crippen LogP contribution is 2.41. The Bertz CT molecular complexity index is 630. The third-order valence-corrected chi connectivity index (χ3v) is 5.53. The Kier molecular flexibility index (Phi) is 4.96. The van der Waals surface area contributed by atoms with E-state index in [0.717, 1.165) is 0 Å². The molecule has 1 N–H and O–H groups in total. The van der Waals surface area contributed by atoms with E-state index in [9.17, 15) is 14.7 Å². The first-order chi connectivity index (χ1) is 11.6. The summed E-state index contributed by atoms with van der Waals surface area (Å²) in [5.41, 5.74) is -0.946. The molecule has 132 valence electrons. The van der Waals surface area contributed by atoms with Crippen LogP contribution < -0.4 is 9.47 Å². The molecule has 0 saturated carbocycles. The summed E-state index contributed by atoms with van der Waals surface area (Å²) in [6.45, 7) is 1.99. The summed E-state index contributed by atoms with van der Waals surface area (Å²) < 4.78 is 16.1. The number of carbonyl (C=O) groups is 2. The Balaban J connectivity index is 1.80. The molecule has 24 heavy (non-hydrogen) atoms. The molecule has 1 aromatic heterocycles. The van der Waals surface area contributed by atoms with Gasteiger partial charge in [-0.15, -0.1) is 11.3 Å². The van der Waals surface area contributed by atoms with Crippen molar-refractivity contribution in [3.05, 3.63) is 10.3 Å².